The lowest BCUT2D eigenvalue weighted by atomic mass is 10.0. The second kappa shape index (κ2) is 7.69. The summed E-state index contributed by atoms with van der Waals surface area (Å²) in [4.78, 5) is 33.3. The van der Waals surface area contributed by atoms with Gasteiger partial charge in [-0.1, -0.05) is 41.7 Å². The number of aromatic hydroxyl groups is 1. The smallest absolute Gasteiger partial charge is 0.280 e. The molecule has 0 aliphatic heterocycles. The average molecular weight is 405 g/mol. The molecule has 2 heterocycles. The van der Waals surface area contributed by atoms with Crippen LogP contribution in [0.3, 0.4) is 0 Å². The number of pyridine rings is 1. The van der Waals surface area contributed by atoms with Gasteiger partial charge in [-0.2, -0.15) is 0 Å². The van der Waals surface area contributed by atoms with E-state index < -0.39 is 5.91 Å². The van der Waals surface area contributed by atoms with Crippen LogP contribution >= 0.6 is 11.3 Å². The van der Waals surface area contributed by atoms with Crippen molar-refractivity contribution < 1.29 is 19.4 Å². The van der Waals surface area contributed by atoms with Gasteiger partial charge >= 0.3 is 0 Å². The number of anilines is 1. The van der Waals surface area contributed by atoms with Crippen LogP contribution in [-0.2, 0) is 0 Å². The fraction of sp³-hybridized carbons (Fsp3) is 0.0476. The lowest BCUT2D eigenvalue weighted by Crippen LogP contribution is -2.13. The van der Waals surface area contributed by atoms with Gasteiger partial charge in [-0.05, 0) is 18.2 Å². The number of hydrogen-bond donors (Lipinski definition) is 2. The average Bonchev–Trinajstić information content (AvgIpc) is 3.15. The number of ketones is 1. The van der Waals surface area contributed by atoms with Crippen LogP contribution < -0.4 is 10.1 Å². The van der Waals surface area contributed by atoms with Crippen LogP contribution in [0, 0.1) is 0 Å². The number of thiazole rings is 1. The van der Waals surface area contributed by atoms with Gasteiger partial charge in [0.25, 0.3) is 5.91 Å². The van der Waals surface area contributed by atoms with E-state index in [1.54, 1.807) is 30.3 Å². The fourth-order valence-electron chi connectivity index (χ4n) is 2.80. The molecule has 1 amide bonds. The highest BCUT2D eigenvalue weighted by molar-refractivity contribution is 7.22. The number of amides is 1. The summed E-state index contributed by atoms with van der Waals surface area (Å²) < 4.78 is 5.75. The zero-order chi connectivity index (χ0) is 20.4. The van der Waals surface area contributed by atoms with Crippen molar-refractivity contribution in [2.75, 3.05) is 12.4 Å². The van der Waals surface area contributed by atoms with Crippen LogP contribution in [0.5, 0.6) is 11.5 Å². The molecule has 7 nitrogen and oxygen atoms in total. The highest BCUT2D eigenvalue weighted by atomic mass is 32.1. The topological polar surface area (TPSA) is 101 Å². The third-order valence-corrected chi connectivity index (χ3v) is 5.16. The summed E-state index contributed by atoms with van der Waals surface area (Å²) in [6.45, 7) is 0. The number of aromatic nitrogens is 2. The third-order valence-electron chi connectivity index (χ3n) is 4.23. The van der Waals surface area contributed by atoms with Crippen LogP contribution in [0.1, 0.15) is 26.4 Å². The second-order valence-corrected chi connectivity index (χ2v) is 7.09. The summed E-state index contributed by atoms with van der Waals surface area (Å²) in [5.74, 6) is -0.888. The minimum absolute atomic E-state index is 0.0861. The molecule has 8 heteroatoms. The molecule has 0 radical (unpaired) electrons. The highest BCUT2D eigenvalue weighted by Gasteiger charge is 2.19. The van der Waals surface area contributed by atoms with E-state index in [-0.39, 0.29) is 23.0 Å². The number of nitrogens with one attached hydrogen (secondary N) is 1. The zero-order valence-electron chi connectivity index (χ0n) is 15.2. The van der Waals surface area contributed by atoms with Gasteiger partial charge < -0.3 is 9.84 Å². The van der Waals surface area contributed by atoms with Gasteiger partial charge in [0.1, 0.15) is 0 Å². The number of carbonyl (C=O) groups is 2. The maximum absolute atomic E-state index is 12.6. The fourth-order valence-corrected chi connectivity index (χ4v) is 3.70. The van der Waals surface area contributed by atoms with Crippen LogP contribution in [0.2, 0.25) is 0 Å². The first-order valence-electron chi connectivity index (χ1n) is 8.60. The number of benzene rings is 2. The molecule has 2 aromatic heterocycles. The van der Waals surface area contributed by atoms with Crippen molar-refractivity contribution in [2.24, 2.45) is 0 Å². The first kappa shape index (κ1) is 18.6. The molecule has 0 aliphatic rings. The van der Waals surface area contributed by atoms with Crippen molar-refractivity contribution in [1.82, 2.24) is 9.97 Å². The van der Waals surface area contributed by atoms with Gasteiger partial charge in [-0.3, -0.25) is 14.9 Å². The van der Waals surface area contributed by atoms with Gasteiger partial charge in [0.15, 0.2) is 28.1 Å². The van der Waals surface area contributed by atoms with E-state index in [2.05, 4.69) is 15.3 Å². The minimum atomic E-state index is -0.610. The Morgan fingerprint density at radius 3 is 2.62 bits per heavy atom. The molecule has 0 atom stereocenters. The van der Waals surface area contributed by atoms with E-state index in [1.165, 1.54) is 30.7 Å². The Bertz CT molecular complexity index is 1220. The monoisotopic (exact) mass is 405 g/mol. The van der Waals surface area contributed by atoms with Crippen LogP contribution in [-0.4, -0.2) is 33.9 Å². The quantitative estimate of drug-likeness (QED) is 0.489. The number of methoxy groups -OCH3 is 1. The second-order valence-electron chi connectivity index (χ2n) is 6.06. The molecular weight excluding hydrogens is 390 g/mol. The van der Waals surface area contributed by atoms with Crippen LogP contribution in [0.15, 0.2) is 60.8 Å². The predicted molar refractivity (Wildman–Crippen MR) is 110 cm³/mol. The zero-order valence-corrected chi connectivity index (χ0v) is 16.1. The summed E-state index contributed by atoms with van der Waals surface area (Å²) in [5, 5.41) is 13.0. The summed E-state index contributed by atoms with van der Waals surface area (Å²) in [6.07, 6.45) is 1.37. The van der Waals surface area contributed by atoms with Crippen LogP contribution in [0.25, 0.3) is 10.2 Å². The SMILES string of the molecule is COc1ccnc(C(=O)Nc2nc3ccc(C(=O)c4ccccc4)cc3s2)c1O. The molecule has 144 valence electrons. The van der Waals surface area contributed by atoms with Gasteiger partial charge in [-0.15, -0.1) is 0 Å². The molecule has 0 spiro atoms. The summed E-state index contributed by atoms with van der Waals surface area (Å²) in [6, 6.07) is 15.7. The maximum Gasteiger partial charge on any atom is 0.280 e. The third kappa shape index (κ3) is 3.65. The molecule has 4 aromatic rings. The normalized spacial score (nSPS) is 10.7. The molecule has 0 saturated carbocycles. The van der Waals surface area contributed by atoms with Gasteiger partial charge in [0.05, 0.1) is 17.3 Å². The number of carbonyl (C=O) groups excluding carboxylic acids is 2. The van der Waals surface area contributed by atoms with Crippen LogP contribution in [0.4, 0.5) is 5.13 Å². The van der Waals surface area contributed by atoms with Gasteiger partial charge in [0.2, 0.25) is 0 Å². The van der Waals surface area contributed by atoms with Crippen molar-refractivity contribution in [2.45, 2.75) is 0 Å². The molecule has 0 fully saturated rings. The lowest BCUT2D eigenvalue weighted by molar-refractivity contribution is 0.101. The molecule has 0 saturated heterocycles. The maximum atomic E-state index is 12.6. The Morgan fingerprint density at radius 2 is 1.86 bits per heavy atom. The van der Waals surface area contributed by atoms with Crippen molar-refractivity contribution in [1.29, 1.82) is 0 Å². The Hall–Kier alpha value is -3.78. The van der Waals surface area contributed by atoms with E-state index >= 15 is 0 Å². The molecule has 4 rings (SSSR count). The number of rotatable bonds is 5. The predicted octanol–water partition coefficient (Wildman–Crippen LogP) is 3.89. The molecule has 2 aromatic carbocycles. The molecule has 2 N–H and O–H groups in total. The van der Waals surface area contributed by atoms with Crippen molar-refractivity contribution >= 4 is 38.4 Å². The van der Waals surface area contributed by atoms with Crippen molar-refractivity contribution in [3.63, 3.8) is 0 Å². The Kier molecular flexibility index (Phi) is 4.92. The number of hydrogen-bond acceptors (Lipinski definition) is 7. The minimum Gasteiger partial charge on any atom is -0.503 e. The summed E-state index contributed by atoms with van der Waals surface area (Å²) in [7, 11) is 1.39. The molecular formula is C21H15N3O4S. The van der Waals surface area contributed by atoms with E-state index in [4.69, 9.17) is 4.74 Å². The standard InChI is InChI=1S/C21H15N3O4S/c1-28-15-9-10-22-17(19(15)26)20(27)24-21-23-14-8-7-13(11-16(14)29-21)18(25)12-5-3-2-4-6-12/h2-11,26H,1H3,(H,23,24,27). The summed E-state index contributed by atoms with van der Waals surface area (Å²) in [5.41, 5.74) is 1.63. The van der Waals surface area contributed by atoms with Gasteiger partial charge in [0, 0.05) is 23.4 Å². The van der Waals surface area contributed by atoms with Gasteiger partial charge in [-0.25, -0.2) is 9.97 Å². The Morgan fingerprint density at radius 1 is 1.07 bits per heavy atom. The molecule has 0 bridgehead atoms. The molecule has 0 aliphatic carbocycles. The number of nitrogens with zero attached hydrogens (tertiary/aromatic N) is 2. The summed E-state index contributed by atoms with van der Waals surface area (Å²) >= 11 is 1.23. The Balaban J connectivity index is 1.60. The van der Waals surface area contributed by atoms with E-state index in [1.807, 2.05) is 18.2 Å². The first-order chi connectivity index (χ1) is 14.1. The number of fused-ring (bicyclic) bond motifs is 1. The van der Waals surface area contributed by atoms with E-state index in [0.29, 0.717) is 21.8 Å². The number of ether oxygens (including phenoxy) is 1. The van der Waals surface area contributed by atoms with Crippen molar-refractivity contribution in [3.05, 3.63) is 77.6 Å². The van der Waals surface area contributed by atoms with Crippen molar-refractivity contribution in [3.8, 4) is 11.5 Å². The highest BCUT2D eigenvalue weighted by Crippen LogP contribution is 2.30. The lowest BCUT2D eigenvalue weighted by Gasteiger charge is -2.06. The largest absolute Gasteiger partial charge is 0.503 e. The Labute approximate surface area is 169 Å². The van der Waals surface area contributed by atoms with E-state index in [9.17, 15) is 14.7 Å². The molecule has 0 unspecified atom stereocenters. The first-order valence-corrected chi connectivity index (χ1v) is 9.42. The molecule has 29 heavy (non-hydrogen) atoms. The van der Waals surface area contributed by atoms with E-state index in [0.717, 1.165) is 4.70 Å².